The Labute approximate surface area is 116 Å². The van der Waals surface area contributed by atoms with Gasteiger partial charge < -0.3 is 19.7 Å². The molecule has 1 N–H and O–H groups in total. The predicted molar refractivity (Wildman–Crippen MR) is 80.6 cm³/mol. The van der Waals surface area contributed by atoms with Gasteiger partial charge in [0, 0.05) is 25.3 Å². The van der Waals surface area contributed by atoms with Crippen LogP contribution in [0.25, 0.3) is 0 Å². The second-order valence-electron chi connectivity index (χ2n) is 4.38. The first-order valence-electron chi connectivity index (χ1n) is 6.98. The van der Waals surface area contributed by atoms with Crippen LogP contribution in [0, 0.1) is 0 Å². The van der Waals surface area contributed by atoms with Crippen molar-refractivity contribution in [2.75, 3.05) is 45.3 Å². The normalized spacial score (nSPS) is 10.3. The molecule has 4 heteroatoms. The molecule has 0 amide bonds. The first kappa shape index (κ1) is 15.6. The summed E-state index contributed by atoms with van der Waals surface area (Å²) in [5.41, 5.74) is 1.16. The van der Waals surface area contributed by atoms with E-state index < -0.39 is 0 Å². The monoisotopic (exact) mass is 266 g/mol. The summed E-state index contributed by atoms with van der Waals surface area (Å²) >= 11 is 0. The molecule has 0 aromatic heterocycles. The van der Waals surface area contributed by atoms with E-state index in [1.807, 2.05) is 33.0 Å². The van der Waals surface area contributed by atoms with Gasteiger partial charge in [-0.1, -0.05) is 0 Å². The van der Waals surface area contributed by atoms with E-state index in [1.165, 1.54) is 0 Å². The third kappa shape index (κ3) is 4.99. The Bertz CT molecular complexity index is 369. The molecule has 0 spiro atoms. The fourth-order valence-corrected chi connectivity index (χ4v) is 1.90. The van der Waals surface area contributed by atoms with Crippen LogP contribution in [0.3, 0.4) is 0 Å². The van der Waals surface area contributed by atoms with Gasteiger partial charge >= 0.3 is 0 Å². The first-order chi connectivity index (χ1) is 9.22. The van der Waals surface area contributed by atoms with Gasteiger partial charge in [-0.05, 0) is 46.0 Å². The van der Waals surface area contributed by atoms with Crippen molar-refractivity contribution in [3.63, 3.8) is 0 Å². The van der Waals surface area contributed by atoms with E-state index in [0.717, 1.165) is 36.7 Å². The van der Waals surface area contributed by atoms with Crippen LogP contribution in [0.2, 0.25) is 0 Å². The molecule has 1 rings (SSSR count). The van der Waals surface area contributed by atoms with Crippen molar-refractivity contribution in [1.82, 2.24) is 5.32 Å². The van der Waals surface area contributed by atoms with E-state index in [1.54, 1.807) is 0 Å². The highest BCUT2D eigenvalue weighted by atomic mass is 16.5. The van der Waals surface area contributed by atoms with Gasteiger partial charge in [0.2, 0.25) is 0 Å². The van der Waals surface area contributed by atoms with Crippen LogP contribution in [0.4, 0.5) is 5.69 Å². The molecule has 108 valence electrons. The fourth-order valence-electron chi connectivity index (χ4n) is 1.90. The van der Waals surface area contributed by atoms with Crippen LogP contribution in [0.15, 0.2) is 18.2 Å². The smallest absolute Gasteiger partial charge is 0.163 e. The molecule has 0 saturated carbocycles. The summed E-state index contributed by atoms with van der Waals surface area (Å²) in [5, 5.41) is 3.16. The molecule has 4 nitrogen and oxygen atoms in total. The van der Waals surface area contributed by atoms with E-state index in [9.17, 15) is 0 Å². The molecular weight excluding hydrogens is 240 g/mol. The van der Waals surface area contributed by atoms with Crippen molar-refractivity contribution in [1.29, 1.82) is 0 Å². The maximum absolute atomic E-state index is 5.64. The molecule has 1 aromatic carbocycles. The van der Waals surface area contributed by atoms with Crippen molar-refractivity contribution >= 4 is 5.69 Å². The zero-order valence-corrected chi connectivity index (χ0v) is 12.5. The molecule has 0 heterocycles. The molecule has 19 heavy (non-hydrogen) atoms. The molecule has 0 aliphatic carbocycles. The highest BCUT2D eigenvalue weighted by molar-refractivity contribution is 5.56. The Kier molecular flexibility index (Phi) is 7.11. The summed E-state index contributed by atoms with van der Waals surface area (Å²) in [7, 11) is 4.07. The molecule has 0 fully saturated rings. The Morgan fingerprint density at radius 2 is 1.79 bits per heavy atom. The van der Waals surface area contributed by atoms with Crippen LogP contribution < -0.4 is 19.7 Å². The standard InChI is InChI=1S/C15H26N2O2/c1-5-18-14-9-8-13(12-15(14)19-6-2)17(4)11-7-10-16-3/h8-9,12,16H,5-7,10-11H2,1-4H3. The van der Waals surface area contributed by atoms with Crippen molar-refractivity contribution in [3.05, 3.63) is 18.2 Å². The van der Waals surface area contributed by atoms with Gasteiger partial charge in [-0.15, -0.1) is 0 Å². The van der Waals surface area contributed by atoms with E-state index in [4.69, 9.17) is 9.47 Å². The van der Waals surface area contributed by atoms with E-state index in [-0.39, 0.29) is 0 Å². The molecular formula is C15H26N2O2. The summed E-state index contributed by atoms with van der Waals surface area (Å²) in [6.45, 7) is 7.30. The molecule has 0 bridgehead atoms. The lowest BCUT2D eigenvalue weighted by Gasteiger charge is -2.21. The average molecular weight is 266 g/mol. The lowest BCUT2D eigenvalue weighted by Crippen LogP contribution is -2.22. The molecule has 0 radical (unpaired) electrons. The second-order valence-corrected chi connectivity index (χ2v) is 4.38. The second kappa shape index (κ2) is 8.64. The summed E-state index contributed by atoms with van der Waals surface area (Å²) in [4.78, 5) is 2.23. The summed E-state index contributed by atoms with van der Waals surface area (Å²) in [6, 6.07) is 6.11. The highest BCUT2D eigenvalue weighted by Gasteiger charge is 2.08. The van der Waals surface area contributed by atoms with Crippen molar-refractivity contribution in [3.8, 4) is 11.5 Å². The van der Waals surface area contributed by atoms with Gasteiger partial charge in [-0.2, -0.15) is 0 Å². The zero-order chi connectivity index (χ0) is 14.1. The Morgan fingerprint density at radius 3 is 2.42 bits per heavy atom. The lowest BCUT2D eigenvalue weighted by molar-refractivity contribution is 0.288. The topological polar surface area (TPSA) is 33.7 Å². The first-order valence-corrected chi connectivity index (χ1v) is 6.98. The summed E-state index contributed by atoms with van der Waals surface area (Å²) in [5.74, 6) is 1.64. The van der Waals surface area contributed by atoms with Gasteiger partial charge in [0.1, 0.15) is 0 Å². The molecule has 0 atom stereocenters. The molecule has 0 aliphatic rings. The van der Waals surface area contributed by atoms with Gasteiger partial charge in [0.05, 0.1) is 13.2 Å². The van der Waals surface area contributed by atoms with Crippen LogP contribution in [-0.2, 0) is 0 Å². The number of hydrogen-bond acceptors (Lipinski definition) is 4. The Morgan fingerprint density at radius 1 is 1.11 bits per heavy atom. The quantitative estimate of drug-likeness (QED) is 0.696. The van der Waals surface area contributed by atoms with Gasteiger partial charge in [-0.3, -0.25) is 0 Å². The lowest BCUT2D eigenvalue weighted by atomic mass is 10.2. The van der Waals surface area contributed by atoms with Crippen LogP contribution >= 0.6 is 0 Å². The van der Waals surface area contributed by atoms with Crippen LogP contribution in [-0.4, -0.2) is 40.4 Å². The number of rotatable bonds is 9. The average Bonchev–Trinajstić information content (AvgIpc) is 2.41. The summed E-state index contributed by atoms with van der Waals surface area (Å²) < 4.78 is 11.2. The van der Waals surface area contributed by atoms with Crippen LogP contribution in [0.5, 0.6) is 11.5 Å². The van der Waals surface area contributed by atoms with Crippen LogP contribution in [0.1, 0.15) is 20.3 Å². The minimum atomic E-state index is 0.646. The van der Waals surface area contributed by atoms with Crippen molar-refractivity contribution in [2.24, 2.45) is 0 Å². The van der Waals surface area contributed by atoms with Gasteiger partial charge in [0.15, 0.2) is 11.5 Å². The number of nitrogens with one attached hydrogen (secondary N) is 1. The van der Waals surface area contributed by atoms with E-state index in [0.29, 0.717) is 13.2 Å². The maximum Gasteiger partial charge on any atom is 0.163 e. The number of benzene rings is 1. The maximum atomic E-state index is 5.64. The highest BCUT2D eigenvalue weighted by Crippen LogP contribution is 2.31. The summed E-state index contributed by atoms with van der Waals surface area (Å²) in [6.07, 6.45) is 1.12. The van der Waals surface area contributed by atoms with Gasteiger partial charge in [-0.25, -0.2) is 0 Å². The SMILES string of the molecule is CCOc1ccc(N(C)CCCNC)cc1OCC. The predicted octanol–water partition coefficient (Wildman–Crippen LogP) is 2.53. The Hall–Kier alpha value is -1.42. The number of anilines is 1. The fraction of sp³-hybridized carbons (Fsp3) is 0.600. The zero-order valence-electron chi connectivity index (χ0n) is 12.5. The number of hydrogen-bond donors (Lipinski definition) is 1. The minimum absolute atomic E-state index is 0.646. The third-order valence-corrected chi connectivity index (χ3v) is 2.89. The van der Waals surface area contributed by atoms with Crippen molar-refractivity contribution in [2.45, 2.75) is 20.3 Å². The van der Waals surface area contributed by atoms with Gasteiger partial charge in [0.25, 0.3) is 0 Å². The Balaban J connectivity index is 2.75. The molecule has 0 saturated heterocycles. The van der Waals surface area contributed by atoms with E-state index >= 15 is 0 Å². The largest absolute Gasteiger partial charge is 0.490 e. The minimum Gasteiger partial charge on any atom is -0.490 e. The number of ether oxygens (including phenoxy) is 2. The molecule has 0 aliphatic heterocycles. The molecule has 0 unspecified atom stereocenters. The molecule has 1 aromatic rings. The third-order valence-electron chi connectivity index (χ3n) is 2.89. The van der Waals surface area contributed by atoms with E-state index in [2.05, 4.69) is 23.3 Å². The number of nitrogens with zero attached hydrogens (tertiary/aromatic N) is 1. The van der Waals surface area contributed by atoms with Crippen molar-refractivity contribution < 1.29 is 9.47 Å².